The number of aliphatic imine (C=N–C) groups is 1. The molecule has 148 valence electrons. The Bertz CT molecular complexity index is 520. The zero-order valence-corrected chi connectivity index (χ0v) is 18.1. The summed E-state index contributed by atoms with van der Waals surface area (Å²) < 4.78 is 19.6. The number of hydrogen-bond donors (Lipinski definition) is 2. The normalized spacial score (nSPS) is 15.8. The Morgan fingerprint density at radius 3 is 2.54 bits per heavy atom. The Kier molecular flexibility index (Phi) is 12.6. The summed E-state index contributed by atoms with van der Waals surface area (Å²) in [5.41, 5.74) is 0.641. The van der Waals surface area contributed by atoms with E-state index in [0.717, 1.165) is 26.0 Å². The Labute approximate surface area is 174 Å². The molecular weight excluding hydrogens is 444 g/mol. The van der Waals surface area contributed by atoms with Gasteiger partial charge in [-0.1, -0.05) is 43.9 Å². The molecule has 6 heteroatoms. The van der Waals surface area contributed by atoms with Gasteiger partial charge in [0.2, 0.25) is 0 Å². The van der Waals surface area contributed by atoms with Gasteiger partial charge in [-0.3, -0.25) is 4.99 Å². The molecule has 0 atom stereocenters. The van der Waals surface area contributed by atoms with Gasteiger partial charge in [-0.25, -0.2) is 4.39 Å². The van der Waals surface area contributed by atoms with E-state index in [0.29, 0.717) is 24.2 Å². The number of nitrogens with zero attached hydrogens (tertiary/aromatic N) is 1. The molecule has 2 N–H and O–H groups in total. The van der Waals surface area contributed by atoms with Crippen LogP contribution in [0.3, 0.4) is 0 Å². The van der Waals surface area contributed by atoms with Gasteiger partial charge in [0.05, 0.1) is 6.10 Å². The first-order valence-electron chi connectivity index (χ1n) is 9.59. The van der Waals surface area contributed by atoms with Crippen LogP contribution in [0, 0.1) is 5.82 Å². The Balaban J connectivity index is 0.00000338. The molecule has 0 unspecified atom stereocenters. The third kappa shape index (κ3) is 9.16. The second-order valence-corrected chi connectivity index (χ2v) is 6.64. The van der Waals surface area contributed by atoms with E-state index in [-0.39, 0.29) is 29.8 Å². The van der Waals surface area contributed by atoms with Crippen molar-refractivity contribution < 1.29 is 9.13 Å². The topological polar surface area (TPSA) is 45.7 Å². The van der Waals surface area contributed by atoms with Crippen molar-refractivity contribution in [2.24, 2.45) is 4.99 Å². The molecule has 1 fully saturated rings. The van der Waals surface area contributed by atoms with Gasteiger partial charge in [0.1, 0.15) is 5.82 Å². The lowest BCUT2D eigenvalue weighted by atomic mass is 10.1. The zero-order chi connectivity index (χ0) is 17.7. The maximum absolute atomic E-state index is 13.6. The minimum absolute atomic E-state index is 0. The van der Waals surface area contributed by atoms with Crippen LogP contribution in [0.25, 0.3) is 0 Å². The van der Waals surface area contributed by atoms with Crippen molar-refractivity contribution in [3.8, 4) is 0 Å². The largest absolute Gasteiger partial charge is 0.378 e. The zero-order valence-electron chi connectivity index (χ0n) is 15.8. The van der Waals surface area contributed by atoms with Gasteiger partial charge in [-0.15, -0.1) is 24.0 Å². The predicted octanol–water partition coefficient (Wildman–Crippen LogP) is 4.63. The lowest BCUT2D eigenvalue weighted by Gasteiger charge is -2.15. The summed E-state index contributed by atoms with van der Waals surface area (Å²) in [6, 6.07) is 6.79. The lowest BCUT2D eigenvalue weighted by Crippen LogP contribution is -2.37. The first-order valence-corrected chi connectivity index (χ1v) is 9.59. The van der Waals surface area contributed by atoms with E-state index in [4.69, 9.17) is 4.74 Å². The van der Waals surface area contributed by atoms with Crippen LogP contribution in [0.5, 0.6) is 0 Å². The summed E-state index contributed by atoms with van der Waals surface area (Å²) in [5.74, 6) is 0.508. The molecule has 1 aliphatic carbocycles. The average molecular weight is 477 g/mol. The summed E-state index contributed by atoms with van der Waals surface area (Å²) in [6.07, 6.45) is 10.4. The van der Waals surface area contributed by atoms with Crippen LogP contribution in [-0.2, 0) is 11.3 Å². The fourth-order valence-electron chi connectivity index (χ4n) is 3.13. The third-order valence-corrected chi connectivity index (χ3v) is 4.65. The number of rotatable bonds is 8. The monoisotopic (exact) mass is 477 g/mol. The van der Waals surface area contributed by atoms with Crippen molar-refractivity contribution in [1.29, 1.82) is 0 Å². The molecule has 1 aliphatic rings. The van der Waals surface area contributed by atoms with Gasteiger partial charge in [-0.2, -0.15) is 0 Å². The number of ether oxygens (including phenoxy) is 1. The fourth-order valence-corrected chi connectivity index (χ4v) is 3.13. The summed E-state index contributed by atoms with van der Waals surface area (Å²) in [5, 5.41) is 6.41. The Morgan fingerprint density at radius 1 is 1.12 bits per heavy atom. The summed E-state index contributed by atoms with van der Waals surface area (Å²) >= 11 is 0. The Hall–Kier alpha value is -0.890. The molecule has 0 aromatic heterocycles. The molecular formula is C20H33FIN3O. The molecule has 0 bridgehead atoms. The highest BCUT2D eigenvalue weighted by atomic mass is 127. The van der Waals surface area contributed by atoms with Crippen LogP contribution < -0.4 is 10.6 Å². The Morgan fingerprint density at radius 2 is 1.85 bits per heavy atom. The van der Waals surface area contributed by atoms with Crippen molar-refractivity contribution in [3.05, 3.63) is 35.6 Å². The van der Waals surface area contributed by atoms with E-state index in [9.17, 15) is 4.39 Å². The van der Waals surface area contributed by atoms with Gasteiger partial charge in [0.15, 0.2) is 5.96 Å². The van der Waals surface area contributed by atoms with Crippen LogP contribution in [0.1, 0.15) is 56.9 Å². The molecule has 1 aromatic rings. The molecule has 0 radical (unpaired) electrons. The number of halogens is 2. The highest BCUT2D eigenvalue weighted by Crippen LogP contribution is 2.19. The van der Waals surface area contributed by atoms with Crippen molar-refractivity contribution >= 4 is 29.9 Å². The van der Waals surface area contributed by atoms with Crippen LogP contribution in [0.15, 0.2) is 29.3 Å². The first-order chi connectivity index (χ1) is 12.3. The lowest BCUT2D eigenvalue weighted by molar-refractivity contribution is 0.0411. The van der Waals surface area contributed by atoms with E-state index in [2.05, 4.69) is 15.6 Å². The van der Waals surface area contributed by atoms with Crippen molar-refractivity contribution in [2.75, 3.05) is 20.2 Å². The molecule has 26 heavy (non-hydrogen) atoms. The van der Waals surface area contributed by atoms with E-state index in [1.165, 1.54) is 44.6 Å². The van der Waals surface area contributed by atoms with Crippen LogP contribution in [0.2, 0.25) is 0 Å². The standard InChI is InChI=1S/C20H32FN3O.HI/c1-22-20(24-16-17-10-6-7-13-19(17)21)23-14-8-9-15-25-18-11-4-2-3-5-12-18;/h6-7,10,13,18H,2-5,8-9,11-12,14-16H2,1H3,(H2,22,23,24);1H. The number of unbranched alkanes of at least 4 members (excludes halogenated alkanes) is 1. The summed E-state index contributed by atoms with van der Waals surface area (Å²) in [4.78, 5) is 4.18. The third-order valence-electron chi connectivity index (χ3n) is 4.65. The summed E-state index contributed by atoms with van der Waals surface area (Å²) in [6.45, 7) is 2.11. The smallest absolute Gasteiger partial charge is 0.191 e. The maximum atomic E-state index is 13.6. The van der Waals surface area contributed by atoms with Gasteiger partial charge in [0.25, 0.3) is 0 Å². The minimum atomic E-state index is -0.193. The van der Waals surface area contributed by atoms with Crippen LogP contribution in [-0.4, -0.2) is 32.3 Å². The quantitative estimate of drug-likeness (QED) is 0.189. The molecule has 2 rings (SSSR count). The van der Waals surface area contributed by atoms with Crippen LogP contribution >= 0.6 is 24.0 Å². The van der Waals surface area contributed by atoms with Gasteiger partial charge < -0.3 is 15.4 Å². The van der Waals surface area contributed by atoms with E-state index in [1.807, 2.05) is 6.07 Å². The number of nitrogens with one attached hydrogen (secondary N) is 2. The van der Waals surface area contributed by atoms with Crippen molar-refractivity contribution in [3.63, 3.8) is 0 Å². The number of guanidine groups is 1. The fraction of sp³-hybridized carbons (Fsp3) is 0.650. The molecule has 1 saturated carbocycles. The molecule has 4 nitrogen and oxygen atoms in total. The summed E-state index contributed by atoms with van der Waals surface area (Å²) in [7, 11) is 1.73. The molecule has 0 heterocycles. The van der Waals surface area contributed by atoms with Gasteiger partial charge in [-0.05, 0) is 31.7 Å². The van der Waals surface area contributed by atoms with E-state index >= 15 is 0 Å². The molecule has 0 spiro atoms. The maximum Gasteiger partial charge on any atom is 0.191 e. The highest BCUT2D eigenvalue weighted by molar-refractivity contribution is 14.0. The average Bonchev–Trinajstić information content (AvgIpc) is 2.90. The minimum Gasteiger partial charge on any atom is -0.378 e. The second kappa shape index (κ2) is 14.2. The predicted molar refractivity (Wildman–Crippen MR) is 117 cm³/mol. The first kappa shape index (κ1) is 23.1. The SMILES string of the molecule is CN=C(NCCCCOC1CCCCCC1)NCc1ccccc1F.I. The number of benzene rings is 1. The van der Waals surface area contributed by atoms with Gasteiger partial charge >= 0.3 is 0 Å². The highest BCUT2D eigenvalue weighted by Gasteiger charge is 2.11. The van der Waals surface area contributed by atoms with Gasteiger partial charge in [0, 0.05) is 32.3 Å². The number of hydrogen-bond acceptors (Lipinski definition) is 2. The van der Waals surface area contributed by atoms with E-state index in [1.54, 1.807) is 19.2 Å². The molecule has 0 amide bonds. The molecule has 0 aliphatic heterocycles. The molecule has 0 saturated heterocycles. The van der Waals surface area contributed by atoms with Crippen LogP contribution in [0.4, 0.5) is 4.39 Å². The van der Waals surface area contributed by atoms with Crippen molar-refractivity contribution in [2.45, 2.75) is 64.0 Å². The van der Waals surface area contributed by atoms with Crippen molar-refractivity contribution in [1.82, 2.24) is 10.6 Å². The molecule has 1 aromatic carbocycles. The van der Waals surface area contributed by atoms with E-state index < -0.39 is 0 Å². The second-order valence-electron chi connectivity index (χ2n) is 6.64.